The highest BCUT2D eigenvalue weighted by molar-refractivity contribution is 7.71. The molecule has 3 nitrogen and oxygen atoms in total. The maximum absolute atomic E-state index is 5.09. The van der Waals surface area contributed by atoms with E-state index in [1.807, 2.05) is 6.92 Å². The summed E-state index contributed by atoms with van der Waals surface area (Å²) in [7, 11) is 0. The highest BCUT2D eigenvalue weighted by Gasteiger charge is 2.21. The number of aromatic nitrogens is 3. The Kier molecular flexibility index (Phi) is 1.56. The lowest BCUT2D eigenvalue weighted by Gasteiger charge is -2.27. The van der Waals surface area contributed by atoms with Crippen LogP contribution in [0, 0.1) is 11.7 Å². The maximum atomic E-state index is 5.09. The highest BCUT2D eigenvalue weighted by Crippen LogP contribution is 2.31. The fourth-order valence-electron chi connectivity index (χ4n) is 1.46. The van der Waals surface area contributed by atoms with Crippen LogP contribution in [0.1, 0.15) is 31.1 Å². The third-order valence-corrected chi connectivity index (χ3v) is 2.61. The number of rotatable bonds is 1. The van der Waals surface area contributed by atoms with Gasteiger partial charge >= 0.3 is 0 Å². The van der Waals surface area contributed by atoms with E-state index in [2.05, 4.69) is 14.8 Å². The molecule has 1 N–H and O–H groups in total. The molecule has 0 aliphatic heterocycles. The van der Waals surface area contributed by atoms with E-state index in [4.69, 9.17) is 12.2 Å². The van der Waals surface area contributed by atoms with Crippen LogP contribution in [0.3, 0.4) is 0 Å². The molecule has 0 radical (unpaired) electrons. The van der Waals surface area contributed by atoms with Crippen LogP contribution in [-0.2, 0) is 0 Å². The van der Waals surface area contributed by atoms with E-state index in [9.17, 15) is 0 Å². The molecule has 4 heteroatoms. The molecule has 1 aliphatic carbocycles. The molecule has 1 saturated carbocycles. The summed E-state index contributed by atoms with van der Waals surface area (Å²) in [6.07, 6.45) is 3.85. The topological polar surface area (TPSA) is 33.6 Å². The number of H-pyrrole nitrogens is 1. The summed E-state index contributed by atoms with van der Waals surface area (Å²) in [5, 5.41) is 6.87. The van der Waals surface area contributed by atoms with Gasteiger partial charge in [-0.15, -0.1) is 0 Å². The van der Waals surface area contributed by atoms with E-state index >= 15 is 0 Å². The Bertz CT molecular complexity index is 308. The number of aryl methyl sites for hydroxylation is 1. The molecule has 60 valence electrons. The summed E-state index contributed by atoms with van der Waals surface area (Å²) < 4.78 is 2.89. The van der Waals surface area contributed by atoms with Crippen LogP contribution < -0.4 is 0 Å². The lowest BCUT2D eigenvalue weighted by Crippen LogP contribution is -2.18. The van der Waals surface area contributed by atoms with Crippen LogP contribution in [0.25, 0.3) is 0 Å². The second-order valence-corrected chi connectivity index (χ2v) is 3.42. The first-order valence-electron chi connectivity index (χ1n) is 3.92. The van der Waals surface area contributed by atoms with Gasteiger partial charge in [-0.05, 0) is 38.4 Å². The van der Waals surface area contributed by atoms with E-state index in [-0.39, 0.29) is 0 Å². The Morgan fingerprint density at radius 2 is 2.36 bits per heavy atom. The van der Waals surface area contributed by atoms with Crippen molar-refractivity contribution >= 4 is 12.2 Å². The predicted molar refractivity (Wildman–Crippen MR) is 45.0 cm³/mol. The smallest absolute Gasteiger partial charge is 0.195 e. The molecule has 1 heterocycles. The zero-order valence-corrected chi connectivity index (χ0v) is 7.32. The summed E-state index contributed by atoms with van der Waals surface area (Å²) in [4.78, 5) is 0. The quantitative estimate of drug-likeness (QED) is 0.652. The SMILES string of the molecule is Cc1n[nH]c(=S)n1C1CCC1. The van der Waals surface area contributed by atoms with Gasteiger partial charge < -0.3 is 4.57 Å². The van der Waals surface area contributed by atoms with Crippen molar-refractivity contribution in [1.29, 1.82) is 0 Å². The first-order chi connectivity index (χ1) is 5.29. The Hall–Kier alpha value is -0.640. The van der Waals surface area contributed by atoms with Gasteiger partial charge in [-0.25, -0.2) is 0 Å². The third kappa shape index (κ3) is 1.01. The van der Waals surface area contributed by atoms with Gasteiger partial charge in [0.05, 0.1) is 0 Å². The predicted octanol–water partition coefficient (Wildman–Crippen LogP) is 1.97. The van der Waals surface area contributed by atoms with Crippen molar-refractivity contribution in [3.63, 3.8) is 0 Å². The molecule has 0 atom stereocenters. The molecule has 0 unspecified atom stereocenters. The molecule has 1 aromatic rings. The highest BCUT2D eigenvalue weighted by atomic mass is 32.1. The van der Waals surface area contributed by atoms with Crippen molar-refractivity contribution in [1.82, 2.24) is 14.8 Å². The Morgan fingerprint density at radius 1 is 1.64 bits per heavy atom. The second kappa shape index (κ2) is 2.44. The van der Waals surface area contributed by atoms with Crippen LogP contribution in [0.4, 0.5) is 0 Å². The standard InChI is InChI=1S/C7H11N3S/c1-5-8-9-7(11)10(5)6-3-2-4-6/h6H,2-4H2,1H3,(H,9,11). The van der Waals surface area contributed by atoms with E-state index in [0.717, 1.165) is 10.6 Å². The Labute approximate surface area is 70.4 Å². The van der Waals surface area contributed by atoms with Crippen LogP contribution >= 0.6 is 12.2 Å². The van der Waals surface area contributed by atoms with Crippen molar-refractivity contribution in [2.24, 2.45) is 0 Å². The fourth-order valence-corrected chi connectivity index (χ4v) is 1.79. The van der Waals surface area contributed by atoms with Gasteiger partial charge in [0.1, 0.15) is 5.82 Å². The Morgan fingerprint density at radius 3 is 2.73 bits per heavy atom. The average Bonchev–Trinajstić information content (AvgIpc) is 2.15. The molecule has 1 aliphatic rings. The fraction of sp³-hybridized carbons (Fsp3) is 0.714. The van der Waals surface area contributed by atoms with Crippen LogP contribution in [0.2, 0.25) is 0 Å². The van der Waals surface area contributed by atoms with Crippen LogP contribution in [-0.4, -0.2) is 14.8 Å². The normalized spacial score (nSPS) is 18.3. The zero-order chi connectivity index (χ0) is 7.84. The Balaban J connectivity index is 2.41. The zero-order valence-electron chi connectivity index (χ0n) is 6.50. The van der Waals surface area contributed by atoms with E-state index < -0.39 is 0 Å². The summed E-state index contributed by atoms with van der Waals surface area (Å²) >= 11 is 5.09. The molecule has 0 amide bonds. The lowest BCUT2D eigenvalue weighted by molar-refractivity contribution is 0.306. The first-order valence-corrected chi connectivity index (χ1v) is 4.33. The molecule has 0 bridgehead atoms. The van der Waals surface area contributed by atoms with Crippen molar-refractivity contribution in [2.45, 2.75) is 32.2 Å². The molecule has 1 aromatic heterocycles. The van der Waals surface area contributed by atoms with Gasteiger partial charge in [-0.3, -0.25) is 5.10 Å². The molecule has 1 fully saturated rings. The van der Waals surface area contributed by atoms with E-state index in [0.29, 0.717) is 6.04 Å². The van der Waals surface area contributed by atoms with Crippen molar-refractivity contribution in [3.8, 4) is 0 Å². The van der Waals surface area contributed by atoms with Crippen molar-refractivity contribution in [3.05, 3.63) is 10.6 Å². The van der Waals surface area contributed by atoms with Crippen molar-refractivity contribution < 1.29 is 0 Å². The average molecular weight is 169 g/mol. The van der Waals surface area contributed by atoms with Crippen LogP contribution in [0.5, 0.6) is 0 Å². The summed E-state index contributed by atoms with van der Waals surface area (Å²) in [6, 6.07) is 0.626. The van der Waals surface area contributed by atoms with Gasteiger partial charge in [0.15, 0.2) is 4.77 Å². The molecule has 0 aromatic carbocycles. The number of aromatic amines is 1. The lowest BCUT2D eigenvalue weighted by atomic mass is 9.93. The number of hydrogen-bond acceptors (Lipinski definition) is 2. The summed E-state index contributed by atoms with van der Waals surface area (Å²) in [6.45, 7) is 1.99. The van der Waals surface area contributed by atoms with Crippen LogP contribution in [0.15, 0.2) is 0 Å². The minimum atomic E-state index is 0.626. The van der Waals surface area contributed by atoms with Gasteiger partial charge in [0, 0.05) is 6.04 Å². The molecular formula is C7H11N3S. The van der Waals surface area contributed by atoms with Gasteiger partial charge in [0.2, 0.25) is 0 Å². The number of hydrogen-bond donors (Lipinski definition) is 1. The minimum absolute atomic E-state index is 0.626. The molecule has 11 heavy (non-hydrogen) atoms. The van der Waals surface area contributed by atoms with Gasteiger partial charge in [-0.1, -0.05) is 0 Å². The van der Waals surface area contributed by atoms with Gasteiger partial charge in [-0.2, -0.15) is 5.10 Å². The molecule has 2 rings (SSSR count). The maximum Gasteiger partial charge on any atom is 0.195 e. The first kappa shape index (κ1) is 7.03. The number of nitrogens with zero attached hydrogens (tertiary/aromatic N) is 2. The monoisotopic (exact) mass is 169 g/mol. The number of nitrogens with one attached hydrogen (secondary N) is 1. The van der Waals surface area contributed by atoms with E-state index in [1.54, 1.807) is 0 Å². The molecular weight excluding hydrogens is 158 g/mol. The summed E-state index contributed by atoms with van der Waals surface area (Å²) in [5.41, 5.74) is 0. The van der Waals surface area contributed by atoms with Gasteiger partial charge in [0.25, 0.3) is 0 Å². The second-order valence-electron chi connectivity index (χ2n) is 3.03. The summed E-state index contributed by atoms with van der Waals surface area (Å²) in [5.74, 6) is 1.01. The minimum Gasteiger partial charge on any atom is -0.301 e. The third-order valence-electron chi connectivity index (χ3n) is 2.32. The van der Waals surface area contributed by atoms with E-state index in [1.165, 1.54) is 19.3 Å². The largest absolute Gasteiger partial charge is 0.301 e. The molecule has 0 saturated heterocycles. The molecule has 0 spiro atoms. The van der Waals surface area contributed by atoms with Crippen molar-refractivity contribution in [2.75, 3.05) is 0 Å².